The van der Waals surface area contributed by atoms with Crippen LogP contribution in [0.4, 0.5) is 0 Å². The highest BCUT2D eigenvalue weighted by molar-refractivity contribution is 4.88. The third kappa shape index (κ3) is 5.03. The molecule has 1 heterocycles. The summed E-state index contributed by atoms with van der Waals surface area (Å²) in [4.78, 5) is 2.49. The average molecular weight is 270 g/mol. The number of hydrogen-bond acceptors (Lipinski definition) is 4. The molecular weight excluding hydrogens is 240 g/mol. The van der Waals surface area contributed by atoms with Gasteiger partial charge in [-0.05, 0) is 57.0 Å². The Labute approximate surface area is 117 Å². The van der Waals surface area contributed by atoms with Gasteiger partial charge in [-0.2, -0.15) is 0 Å². The molecule has 1 saturated carbocycles. The summed E-state index contributed by atoms with van der Waals surface area (Å²) in [6.07, 6.45) is 5.36. The van der Waals surface area contributed by atoms with Crippen LogP contribution in [-0.2, 0) is 0 Å². The Morgan fingerprint density at radius 3 is 2.74 bits per heavy atom. The van der Waals surface area contributed by atoms with Gasteiger partial charge in [0.15, 0.2) is 0 Å². The molecule has 4 nitrogen and oxygen atoms in total. The molecule has 2 fully saturated rings. The zero-order valence-electron chi connectivity index (χ0n) is 12.2. The summed E-state index contributed by atoms with van der Waals surface area (Å²) < 4.78 is 0. The van der Waals surface area contributed by atoms with Gasteiger partial charge in [-0.1, -0.05) is 6.92 Å². The van der Waals surface area contributed by atoms with Gasteiger partial charge < -0.3 is 20.4 Å². The molecule has 2 aliphatic rings. The van der Waals surface area contributed by atoms with Crippen molar-refractivity contribution in [3.63, 3.8) is 0 Å². The normalized spacial score (nSPS) is 30.5. The van der Waals surface area contributed by atoms with Crippen molar-refractivity contribution in [1.82, 2.24) is 10.2 Å². The summed E-state index contributed by atoms with van der Waals surface area (Å²) >= 11 is 0. The van der Waals surface area contributed by atoms with E-state index in [1.807, 2.05) is 0 Å². The Bertz CT molecular complexity index is 259. The number of hydrogen-bond donors (Lipinski definition) is 3. The fourth-order valence-corrected chi connectivity index (χ4v) is 3.28. The van der Waals surface area contributed by atoms with Gasteiger partial charge in [0.2, 0.25) is 0 Å². The summed E-state index contributed by atoms with van der Waals surface area (Å²) in [6.45, 7) is 6.72. The second-order valence-corrected chi connectivity index (χ2v) is 6.32. The molecule has 1 aliphatic heterocycles. The topological polar surface area (TPSA) is 55.7 Å². The van der Waals surface area contributed by atoms with Crippen LogP contribution in [0.3, 0.4) is 0 Å². The molecule has 1 saturated heterocycles. The van der Waals surface area contributed by atoms with E-state index in [-0.39, 0.29) is 12.7 Å². The fourth-order valence-electron chi connectivity index (χ4n) is 3.28. The van der Waals surface area contributed by atoms with E-state index < -0.39 is 0 Å². The zero-order valence-corrected chi connectivity index (χ0v) is 12.2. The van der Waals surface area contributed by atoms with Crippen LogP contribution in [-0.4, -0.2) is 60.0 Å². The van der Waals surface area contributed by atoms with Gasteiger partial charge in [0.1, 0.15) is 0 Å². The van der Waals surface area contributed by atoms with Crippen LogP contribution in [0.25, 0.3) is 0 Å². The van der Waals surface area contributed by atoms with E-state index in [4.69, 9.17) is 5.11 Å². The molecule has 0 amide bonds. The minimum Gasteiger partial charge on any atom is -0.396 e. The van der Waals surface area contributed by atoms with Crippen molar-refractivity contribution in [2.75, 3.05) is 32.8 Å². The van der Waals surface area contributed by atoms with Crippen LogP contribution in [0.15, 0.2) is 0 Å². The SMILES string of the molecule is CCN1CC(CC(O)C2CC2)CC(NCCCO)C1. The minimum absolute atomic E-state index is 0.0695. The van der Waals surface area contributed by atoms with Crippen LogP contribution in [0.2, 0.25) is 0 Å². The van der Waals surface area contributed by atoms with Crippen LogP contribution in [0, 0.1) is 11.8 Å². The number of nitrogens with one attached hydrogen (secondary N) is 1. The van der Waals surface area contributed by atoms with Gasteiger partial charge in [0, 0.05) is 25.7 Å². The van der Waals surface area contributed by atoms with Gasteiger partial charge in [0.25, 0.3) is 0 Å². The third-order valence-electron chi connectivity index (χ3n) is 4.57. The predicted octanol–water partition coefficient (Wildman–Crippen LogP) is 0.830. The molecule has 112 valence electrons. The average Bonchev–Trinajstić information content (AvgIpc) is 3.23. The number of piperidine rings is 1. The third-order valence-corrected chi connectivity index (χ3v) is 4.57. The van der Waals surface area contributed by atoms with Crippen molar-refractivity contribution in [2.45, 2.75) is 51.2 Å². The van der Waals surface area contributed by atoms with Crippen LogP contribution in [0.5, 0.6) is 0 Å². The first-order chi connectivity index (χ1) is 9.22. The lowest BCUT2D eigenvalue weighted by Crippen LogP contribution is -2.50. The number of nitrogens with zero attached hydrogens (tertiary/aromatic N) is 1. The number of aliphatic hydroxyl groups excluding tert-OH is 2. The Kier molecular flexibility index (Phi) is 6.07. The molecule has 2 rings (SSSR count). The molecule has 0 aromatic heterocycles. The lowest BCUT2D eigenvalue weighted by Gasteiger charge is -2.38. The molecule has 3 N–H and O–H groups in total. The minimum atomic E-state index is -0.0695. The van der Waals surface area contributed by atoms with E-state index in [2.05, 4.69) is 17.1 Å². The van der Waals surface area contributed by atoms with Gasteiger partial charge >= 0.3 is 0 Å². The summed E-state index contributed by atoms with van der Waals surface area (Å²) in [7, 11) is 0. The fraction of sp³-hybridized carbons (Fsp3) is 1.00. The number of rotatable bonds is 8. The first-order valence-corrected chi connectivity index (χ1v) is 7.97. The lowest BCUT2D eigenvalue weighted by atomic mass is 9.88. The molecule has 0 aromatic carbocycles. The van der Waals surface area contributed by atoms with Crippen molar-refractivity contribution in [3.8, 4) is 0 Å². The number of likely N-dealkylation sites (N-methyl/N-ethyl adjacent to an activating group) is 1. The number of likely N-dealkylation sites (tertiary alicyclic amines) is 1. The maximum absolute atomic E-state index is 10.1. The molecular formula is C15H30N2O2. The first kappa shape index (κ1) is 15.2. The van der Waals surface area contributed by atoms with Gasteiger partial charge in [0.05, 0.1) is 6.10 Å². The smallest absolute Gasteiger partial charge is 0.0571 e. The standard InChI is InChI=1S/C15H30N2O2/c1-2-17-10-12(9-15(19)13-4-5-13)8-14(11-17)16-6-3-7-18/h12-16,18-19H,2-11H2,1H3. The summed E-state index contributed by atoms with van der Waals surface area (Å²) in [5.74, 6) is 1.22. The van der Waals surface area contributed by atoms with E-state index in [1.54, 1.807) is 0 Å². The highest BCUT2D eigenvalue weighted by Crippen LogP contribution is 2.36. The van der Waals surface area contributed by atoms with Crippen molar-refractivity contribution in [3.05, 3.63) is 0 Å². The Balaban J connectivity index is 1.77. The van der Waals surface area contributed by atoms with E-state index in [0.29, 0.717) is 17.9 Å². The van der Waals surface area contributed by atoms with Crippen LogP contribution < -0.4 is 5.32 Å². The Morgan fingerprint density at radius 1 is 1.32 bits per heavy atom. The van der Waals surface area contributed by atoms with E-state index in [9.17, 15) is 5.11 Å². The van der Waals surface area contributed by atoms with Gasteiger partial charge in [-0.25, -0.2) is 0 Å². The van der Waals surface area contributed by atoms with Crippen molar-refractivity contribution >= 4 is 0 Å². The lowest BCUT2D eigenvalue weighted by molar-refractivity contribution is 0.0766. The van der Waals surface area contributed by atoms with Crippen LogP contribution >= 0.6 is 0 Å². The van der Waals surface area contributed by atoms with E-state index in [0.717, 1.165) is 39.0 Å². The molecule has 4 heteroatoms. The van der Waals surface area contributed by atoms with Crippen molar-refractivity contribution < 1.29 is 10.2 Å². The number of aliphatic hydroxyl groups is 2. The molecule has 3 atom stereocenters. The molecule has 3 unspecified atom stereocenters. The van der Waals surface area contributed by atoms with Crippen molar-refractivity contribution in [1.29, 1.82) is 0 Å². The van der Waals surface area contributed by atoms with E-state index >= 15 is 0 Å². The summed E-state index contributed by atoms with van der Waals surface area (Å²) in [5, 5.41) is 22.5. The molecule has 0 spiro atoms. The summed E-state index contributed by atoms with van der Waals surface area (Å²) in [6, 6.07) is 0.525. The predicted molar refractivity (Wildman–Crippen MR) is 77.1 cm³/mol. The maximum atomic E-state index is 10.1. The Morgan fingerprint density at radius 2 is 2.11 bits per heavy atom. The molecule has 0 radical (unpaired) electrons. The molecule has 19 heavy (non-hydrogen) atoms. The monoisotopic (exact) mass is 270 g/mol. The quantitative estimate of drug-likeness (QED) is 0.572. The summed E-state index contributed by atoms with van der Waals surface area (Å²) in [5.41, 5.74) is 0. The van der Waals surface area contributed by atoms with Crippen LogP contribution in [0.1, 0.15) is 39.0 Å². The highest BCUT2D eigenvalue weighted by Gasteiger charge is 2.34. The second kappa shape index (κ2) is 7.58. The van der Waals surface area contributed by atoms with Crippen molar-refractivity contribution in [2.24, 2.45) is 11.8 Å². The molecule has 0 aromatic rings. The Hall–Kier alpha value is -0.160. The van der Waals surface area contributed by atoms with Gasteiger partial charge in [-0.3, -0.25) is 0 Å². The van der Waals surface area contributed by atoms with Gasteiger partial charge in [-0.15, -0.1) is 0 Å². The largest absolute Gasteiger partial charge is 0.396 e. The molecule has 1 aliphatic carbocycles. The first-order valence-electron chi connectivity index (χ1n) is 7.97. The zero-order chi connectivity index (χ0) is 13.7. The maximum Gasteiger partial charge on any atom is 0.0571 e. The molecule has 0 bridgehead atoms. The second-order valence-electron chi connectivity index (χ2n) is 6.32. The van der Waals surface area contributed by atoms with E-state index in [1.165, 1.54) is 19.3 Å². The highest BCUT2D eigenvalue weighted by atomic mass is 16.3.